The van der Waals surface area contributed by atoms with E-state index in [4.69, 9.17) is 11.5 Å². The van der Waals surface area contributed by atoms with Gasteiger partial charge in [0.1, 0.15) is 0 Å². The molecule has 0 bridgehead atoms. The van der Waals surface area contributed by atoms with Crippen LogP contribution in [0.3, 0.4) is 0 Å². The summed E-state index contributed by atoms with van der Waals surface area (Å²) in [6, 6.07) is 6.47. The van der Waals surface area contributed by atoms with Gasteiger partial charge in [0.15, 0.2) is 0 Å². The Morgan fingerprint density at radius 1 is 1.47 bits per heavy atom. The highest BCUT2D eigenvalue weighted by atomic mass is 79.9. The topological polar surface area (TPSA) is 72.4 Å². The first-order chi connectivity index (χ1) is 8.97. The van der Waals surface area contributed by atoms with Crippen molar-refractivity contribution < 1.29 is 4.79 Å². The minimum atomic E-state index is -0.188. The molecule has 2 unspecified atom stereocenters. The average molecular weight is 326 g/mol. The summed E-state index contributed by atoms with van der Waals surface area (Å²) in [6.45, 7) is 3.74. The number of nitrogens with zero attached hydrogens (tertiary/aromatic N) is 1. The molecule has 1 amide bonds. The van der Waals surface area contributed by atoms with E-state index in [9.17, 15) is 4.79 Å². The van der Waals surface area contributed by atoms with Gasteiger partial charge in [-0.05, 0) is 53.4 Å². The molecule has 1 heterocycles. The van der Waals surface area contributed by atoms with Gasteiger partial charge in [0.2, 0.25) is 5.91 Å². The number of carbonyl (C=O) groups excluding carboxylic acids is 1. The Morgan fingerprint density at radius 3 is 2.84 bits per heavy atom. The lowest BCUT2D eigenvalue weighted by Crippen LogP contribution is -2.45. The Bertz CT molecular complexity index is 478. The summed E-state index contributed by atoms with van der Waals surface area (Å²) in [4.78, 5) is 13.6. The lowest BCUT2D eigenvalue weighted by molar-refractivity contribution is -0.124. The largest absolute Gasteiger partial charge is 0.398 e. The number of piperidine rings is 1. The lowest BCUT2D eigenvalue weighted by Gasteiger charge is -2.36. The number of carbonyl (C=O) groups is 1. The van der Waals surface area contributed by atoms with Crippen LogP contribution in [0.25, 0.3) is 0 Å². The van der Waals surface area contributed by atoms with Crippen LogP contribution in [0, 0.1) is 5.92 Å². The minimum absolute atomic E-state index is 0.0241. The van der Waals surface area contributed by atoms with E-state index in [1.165, 1.54) is 0 Å². The Balaban J connectivity index is 2.07. The number of halogens is 1. The first-order valence-electron chi connectivity index (χ1n) is 6.54. The van der Waals surface area contributed by atoms with Crippen molar-refractivity contribution in [3.63, 3.8) is 0 Å². The van der Waals surface area contributed by atoms with E-state index < -0.39 is 0 Å². The van der Waals surface area contributed by atoms with Gasteiger partial charge >= 0.3 is 0 Å². The van der Waals surface area contributed by atoms with Crippen LogP contribution in [0.15, 0.2) is 22.7 Å². The van der Waals surface area contributed by atoms with E-state index in [0.717, 1.165) is 41.7 Å². The van der Waals surface area contributed by atoms with Crippen LogP contribution < -0.4 is 11.5 Å². The van der Waals surface area contributed by atoms with Crippen LogP contribution in [0.5, 0.6) is 0 Å². The molecule has 0 aliphatic carbocycles. The van der Waals surface area contributed by atoms with Crippen molar-refractivity contribution in [2.45, 2.75) is 32.4 Å². The van der Waals surface area contributed by atoms with E-state index in [-0.39, 0.29) is 11.8 Å². The molecule has 1 aliphatic rings. The number of anilines is 1. The Hall–Kier alpha value is -1.07. The second-order valence-electron chi connectivity index (χ2n) is 5.31. The van der Waals surface area contributed by atoms with Crippen molar-refractivity contribution in [3.8, 4) is 0 Å². The lowest BCUT2D eigenvalue weighted by atomic mass is 9.92. The van der Waals surface area contributed by atoms with Gasteiger partial charge in [-0.25, -0.2) is 0 Å². The molecule has 1 saturated heterocycles. The van der Waals surface area contributed by atoms with Gasteiger partial charge in [-0.3, -0.25) is 9.69 Å². The maximum atomic E-state index is 11.3. The summed E-state index contributed by atoms with van der Waals surface area (Å²) >= 11 is 3.40. The quantitative estimate of drug-likeness (QED) is 0.836. The third-order valence-corrected chi connectivity index (χ3v) is 4.58. The first-order valence-corrected chi connectivity index (χ1v) is 7.34. The van der Waals surface area contributed by atoms with Crippen molar-refractivity contribution >= 4 is 27.5 Å². The van der Waals surface area contributed by atoms with E-state index in [0.29, 0.717) is 6.04 Å². The molecule has 2 atom stereocenters. The summed E-state index contributed by atoms with van der Waals surface area (Å²) in [5.41, 5.74) is 13.2. The van der Waals surface area contributed by atoms with Gasteiger partial charge in [0.05, 0.1) is 5.92 Å². The molecule has 5 heteroatoms. The second kappa shape index (κ2) is 5.92. The standard InChI is InChI=1S/C14H20BrN3O/c1-9-2-4-11(14(17)19)8-18(9)7-10-3-5-12(15)13(16)6-10/h3,5-6,9,11H,2,4,7-8,16H2,1H3,(H2,17,19). The van der Waals surface area contributed by atoms with Crippen molar-refractivity contribution in [2.75, 3.05) is 12.3 Å². The predicted octanol–water partition coefficient (Wildman–Crippen LogP) is 2.12. The highest BCUT2D eigenvalue weighted by Crippen LogP contribution is 2.25. The average Bonchev–Trinajstić information content (AvgIpc) is 2.36. The number of hydrogen-bond donors (Lipinski definition) is 2. The maximum absolute atomic E-state index is 11.3. The van der Waals surface area contributed by atoms with Crippen LogP contribution >= 0.6 is 15.9 Å². The molecule has 19 heavy (non-hydrogen) atoms. The van der Waals surface area contributed by atoms with Gasteiger partial charge in [-0.15, -0.1) is 0 Å². The van der Waals surface area contributed by atoms with Gasteiger partial charge in [0, 0.05) is 29.3 Å². The number of benzene rings is 1. The molecule has 104 valence electrons. The molecule has 1 aromatic rings. The van der Waals surface area contributed by atoms with Crippen molar-refractivity contribution in [2.24, 2.45) is 11.7 Å². The number of nitrogen functional groups attached to an aromatic ring is 1. The molecule has 0 radical (unpaired) electrons. The highest BCUT2D eigenvalue weighted by Gasteiger charge is 2.28. The summed E-state index contributed by atoms with van der Waals surface area (Å²) in [5.74, 6) is -0.212. The molecular weight excluding hydrogens is 306 g/mol. The van der Waals surface area contributed by atoms with Crippen LogP contribution in [-0.4, -0.2) is 23.4 Å². The summed E-state index contributed by atoms with van der Waals surface area (Å²) in [6.07, 6.45) is 1.91. The smallest absolute Gasteiger partial charge is 0.221 e. The van der Waals surface area contributed by atoms with Crippen LogP contribution in [0.2, 0.25) is 0 Å². The number of amides is 1. The van der Waals surface area contributed by atoms with Gasteiger partial charge in [0.25, 0.3) is 0 Å². The molecule has 1 aromatic carbocycles. The van der Waals surface area contributed by atoms with E-state index >= 15 is 0 Å². The van der Waals surface area contributed by atoms with Gasteiger partial charge < -0.3 is 11.5 Å². The fraction of sp³-hybridized carbons (Fsp3) is 0.500. The first kappa shape index (κ1) is 14.3. The molecule has 1 fully saturated rings. The van der Waals surface area contributed by atoms with Crippen molar-refractivity contribution in [1.82, 2.24) is 4.90 Å². The van der Waals surface area contributed by atoms with E-state index in [1.54, 1.807) is 0 Å². The number of nitrogens with two attached hydrogens (primary N) is 2. The third kappa shape index (κ3) is 3.48. The predicted molar refractivity (Wildman–Crippen MR) is 80.3 cm³/mol. The fourth-order valence-electron chi connectivity index (χ4n) is 2.56. The fourth-order valence-corrected chi connectivity index (χ4v) is 2.80. The number of likely N-dealkylation sites (tertiary alicyclic amines) is 1. The summed E-state index contributed by atoms with van der Waals surface area (Å²) in [5, 5.41) is 0. The number of hydrogen-bond acceptors (Lipinski definition) is 3. The van der Waals surface area contributed by atoms with E-state index in [2.05, 4.69) is 33.8 Å². The molecule has 0 saturated carbocycles. The molecule has 0 aromatic heterocycles. The van der Waals surface area contributed by atoms with Crippen LogP contribution in [0.4, 0.5) is 5.69 Å². The maximum Gasteiger partial charge on any atom is 0.221 e. The highest BCUT2D eigenvalue weighted by molar-refractivity contribution is 9.10. The Kier molecular flexibility index (Phi) is 4.47. The van der Waals surface area contributed by atoms with Crippen LogP contribution in [-0.2, 0) is 11.3 Å². The Labute approximate surface area is 122 Å². The number of rotatable bonds is 3. The molecule has 1 aliphatic heterocycles. The van der Waals surface area contributed by atoms with Gasteiger partial charge in [-0.1, -0.05) is 6.07 Å². The molecule has 4 nitrogen and oxygen atoms in total. The third-order valence-electron chi connectivity index (χ3n) is 3.86. The SMILES string of the molecule is CC1CCC(C(N)=O)CN1Cc1ccc(Br)c(N)c1. The normalized spacial score (nSPS) is 24.3. The molecule has 0 spiro atoms. The summed E-state index contributed by atoms with van der Waals surface area (Å²) < 4.78 is 0.915. The second-order valence-corrected chi connectivity index (χ2v) is 6.17. The Morgan fingerprint density at radius 2 is 2.21 bits per heavy atom. The minimum Gasteiger partial charge on any atom is -0.398 e. The zero-order valence-electron chi connectivity index (χ0n) is 11.1. The zero-order chi connectivity index (χ0) is 14.0. The van der Waals surface area contributed by atoms with Crippen molar-refractivity contribution in [1.29, 1.82) is 0 Å². The van der Waals surface area contributed by atoms with Crippen LogP contribution in [0.1, 0.15) is 25.3 Å². The molecule has 4 N–H and O–H groups in total. The summed E-state index contributed by atoms with van der Waals surface area (Å²) in [7, 11) is 0. The monoisotopic (exact) mass is 325 g/mol. The van der Waals surface area contributed by atoms with E-state index in [1.807, 2.05) is 12.1 Å². The van der Waals surface area contributed by atoms with Crippen molar-refractivity contribution in [3.05, 3.63) is 28.2 Å². The molecular formula is C14H20BrN3O. The number of primary amides is 1. The molecule has 2 rings (SSSR count). The zero-order valence-corrected chi connectivity index (χ0v) is 12.7. The van der Waals surface area contributed by atoms with Gasteiger partial charge in [-0.2, -0.15) is 0 Å².